The number of ether oxygens (including phenoxy) is 2. The maximum atomic E-state index is 13.4. The molecule has 6 nitrogen and oxygen atoms in total. The highest BCUT2D eigenvalue weighted by atomic mass is 16.5. The Bertz CT molecular complexity index is 934. The van der Waals surface area contributed by atoms with Crippen molar-refractivity contribution in [1.82, 2.24) is 10.2 Å². The zero-order valence-corrected chi connectivity index (χ0v) is 21.6. The number of benzene rings is 2. The molecule has 190 valence electrons. The van der Waals surface area contributed by atoms with Gasteiger partial charge in [-0.25, -0.2) is 0 Å². The molecular formula is C29H40N2O4. The summed E-state index contributed by atoms with van der Waals surface area (Å²) in [6.07, 6.45) is 6.04. The average Bonchev–Trinajstić information content (AvgIpc) is 2.88. The fraction of sp³-hybridized carbons (Fsp3) is 0.517. The van der Waals surface area contributed by atoms with Gasteiger partial charge in [-0.05, 0) is 60.6 Å². The Kier molecular flexibility index (Phi) is 10.0. The standard InChI is InChI=1S/C29H40N2O4/c1-5-27(29(33)30-24-9-7-6-8-10-24)31(19-22-11-15-25(34-4)16-12-22)28(32)20-35-26-17-13-23(14-18-26)21(2)3/h11-18,21,24,27H,5-10,19-20H2,1-4H3,(H,30,33)/t27-/m0/s1. The number of carbonyl (C=O) groups is 2. The van der Waals surface area contributed by atoms with Gasteiger partial charge in [0.2, 0.25) is 5.91 Å². The van der Waals surface area contributed by atoms with E-state index in [1.165, 1.54) is 12.0 Å². The summed E-state index contributed by atoms with van der Waals surface area (Å²) in [4.78, 5) is 28.4. The van der Waals surface area contributed by atoms with Crippen molar-refractivity contribution in [1.29, 1.82) is 0 Å². The molecule has 3 rings (SSSR count). The van der Waals surface area contributed by atoms with Crippen LogP contribution in [-0.2, 0) is 16.1 Å². The predicted molar refractivity (Wildman–Crippen MR) is 139 cm³/mol. The first-order chi connectivity index (χ1) is 16.9. The van der Waals surface area contributed by atoms with E-state index in [0.29, 0.717) is 24.6 Å². The summed E-state index contributed by atoms with van der Waals surface area (Å²) < 4.78 is 11.1. The Labute approximate surface area is 210 Å². The summed E-state index contributed by atoms with van der Waals surface area (Å²) in [6, 6.07) is 15.1. The van der Waals surface area contributed by atoms with Crippen molar-refractivity contribution in [3.8, 4) is 11.5 Å². The van der Waals surface area contributed by atoms with Gasteiger partial charge in [0, 0.05) is 12.6 Å². The molecule has 1 atom stereocenters. The molecule has 2 aromatic rings. The summed E-state index contributed by atoms with van der Waals surface area (Å²) in [7, 11) is 1.62. The van der Waals surface area contributed by atoms with E-state index in [-0.39, 0.29) is 24.5 Å². The van der Waals surface area contributed by atoms with Crippen LogP contribution in [0.5, 0.6) is 11.5 Å². The van der Waals surface area contributed by atoms with Crippen LogP contribution in [0.2, 0.25) is 0 Å². The smallest absolute Gasteiger partial charge is 0.261 e. The van der Waals surface area contributed by atoms with Gasteiger partial charge in [-0.3, -0.25) is 9.59 Å². The van der Waals surface area contributed by atoms with Gasteiger partial charge >= 0.3 is 0 Å². The van der Waals surface area contributed by atoms with E-state index in [1.54, 1.807) is 12.0 Å². The summed E-state index contributed by atoms with van der Waals surface area (Å²) in [5.74, 6) is 1.54. The van der Waals surface area contributed by atoms with Gasteiger partial charge in [0.1, 0.15) is 17.5 Å². The maximum Gasteiger partial charge on any atom is 0.261 e. The number of methoxy groups -OCH3 is 1. The van der Waals surface area contributed by atoms with Crippen LogP contribution < -0.4 is 14.8 Å². The van der Waals surface area contributed by atoms with Crippen LogP contribution in [0.1, 0.15) is 76.3 Å². The number of nitrogens with zero attached hydrogens (tertiary/aromatic N) is 1. The monoisotopic (exact) mass is 480 g/mol. The summed E-state index contributed by atoms with van der Waals surface area (Å²) in [5, 5.41) is 3.21. The normalized spacial score (nSPS) is 14.9. The number of carbonyl (C=O) groups excluding carboxylic acids is 2. The fourth-order valence-electron chi connectivity index (χ4n) is 4.57. The van der Waals surface area contributed by atoms with E-state index in [0.717, 1.165) is 37.0 Å². The lowest BCUT2D eigenvalue weighted by Gasteiger charge is -2.32. The van der Waals surface area contributed by atoms with Crippen LogP contribution in [0.4, 0.5) is 0 Å². The molecule has 0 radical (unpaired) electrons. The molecule has 0 bridgehead atoms. The molecule has 1 saturated carbocycles. The summed E-state index contributed by atoms with van der Waals surface area (Å²) in [5.41, 5.74) is 2.15. The Morgan fingerprint density at radius 2 is 1.60 bits per heavy atom. The lowest BCUT2D eigenvalue weighted by atomic mass is 9.95. The minimum Gasteiger partial charge on any atom is -0.497 e. The van der Waals surface area contributed by atoms with Gasteiger partial charge in [0.15, 0.2) is 6.61 Å². The molecule has 1 aliphatic rings. The largest absolute Gasteiger partial charge is 0.497 e. The van der Waals surface area contributed by atoms with Gasteiger partial charge in [-0.2, -0.15) is 0 Å². The predicted octanol–water partition coefficient (Wildman–Crippen LogP) is 5.45. The van der Waals surface area contributed by atoms with Gasteiger partial charge in [0.05, 0.1) is 7.11 Å². The van der Waals surface area contributed by atoms with Crippen molar-refractivity contribution >= 4 is 11.8 Å². The topological polar surface area (TPSA) is 67.9 Å². The lowest BCUT2D eigenvalue weighted by Crippen LogP contribution is -2.52. The number of nitrogens with one attached hydrogen (secondary N) is 1. The molecule has 0 spiro atoms. The molecule has 2 amide bonds. The summed E-state index contributed by atoms with van der Waals surface area (Å²) in [6.45, 7) is 6.43. The van der Waals surface area contributed by atoms with E-state index < -0.39 is 6.04 Å². The number of hydrogen-bond acceptors (Lipinski definition) is 4. The average molecular weight is 481 g/mol. The molecule has 0 aliphatic heterocycles. The molecule has 2 aromatic carbocycles. The second-order valence-corrected chi connectivity index (χ2v) is 9.65. The van der Waals surface area contributed by atoms with Crippen molar-refractivity contribution in [2.45, 2.75) is 83.8 Å². The molecule has 0 aromatic heterocycles. The number of rotatable bonds is 11. The zero-order chi connectivity index (χ0) is 25.2. The van der Waals surface area contributed by atoms with E-state index in [4.69, 9.17) is 9.47 Å². The van der Waals surface area contributed by atoms with Crippen molar-refractivity contribution in [3.63, 3.8) is 0 Å². The molecule has 1 aliphatic carbocycles. The third-order valence-corrected chi connectivity index (χ3v) is 6.76. The first-order valence-corrected chi connectivity index (χ1v) is 12.9. The summed E-state index contributed by atoms with van der Waals surface area (Å²) >= 11 is 0. The Balaban J connectivity index is 1.73. The highest BCUT2D eigenvalue weighted by Crippen LogP contribution is 2.21. The Morgan fingerprint density at radius 1 is 0.971 bits per heavy atom. The van der Waals surface area contributed by atoms with Crippen LogP contribution in [0.15, 0.2) is 48.5 Å². The second kappa shape index (κ2) is 13.2. The molecule has 35 heavy (non-hydrogen) atoms. The SMILES string of the molecule is CC[C@@H](C(=O)NC1CCCCC1)N(Cc1ccc(OC)cc1)C(=O)COc1ccc(C(C)C)cc1. The quantitative estimate of drug-likeness (QED) is 0.464. The molecule has 0 unspecified atom stereocenters. The van der Waals surface area contributed by atoms with E-state index in [2.05, 4.69) is 19.2 Å². The fourth-order valence-corrected chi connectivity index (χ4v) is 4.57. The van der Waals surface area contributed by atoms with Gasteiger partial charge in [-0.1, -0.05) is 64.3 Å². The van der Waals surface area contributed by atoms with Crippen molar-refractivity contribution in [2.24, 2.45) is 0 Å². The maximum absolute atomic E-state index is 13.4. The Morgan fingerprint density at radius 3 is 2.17 bits per heavy atom. The van der Waals surface area contributed by atoms with Crippen LogP contribution in [-0.4, -0.2) is 42.5 Å². The highest BCUT2D eigenvalue weighted by Gasteiger charge is 2.30. The van der Waals surface area contributed by atoms with Gasteiger partial charge < -0.3 is 19.7 Å². The van der Waals surface area contributed by atoms with Crippen molar-refractivity contribution in [3.05, 3.63) is 59.7 Å². The minimum atomic E-state index is -0.557. The molecule has 1 fully saturated rings. The van der Waals surface area contributed by atoms with E-state index in [1.807, 2.05) is 55.5 Å². The lowest BCUT2D eigenvalue weighted by molar-refractivity contribution is -0.143. The van der Waals surface area contributed by atoms with Crippen LogP contribution >= 0.6 is 0 Å². The number of amides is 2. The molecular weight excluding hydrogens is 440 g/mol. The third kappa shape index (κ3) is 7.74. The van der Waals surface area contributed by atoms with Crippen LogP contribution in [0, 0.1) is 0 Å². The van der Waals surface area contributed by atoms with Crippen molar-refractivity contribution in [2.75, 3.05) is 13.7 Å². The van der Waals surface area contributed by atoms with Gasteiger partial charge in [0.25, 0.3) is 5.91 Å². The minimum absolute atomic E-state index is 0.0810. The third-order valence-electron chi connectivity index (χ3n) is 6.76. The molecule has 6 heteroatoms. The van der Waals surface area contributed by atoms with E-state index >= 15 is 0 Å². The highest BCUT2D eigenvalue weighted by molar-refractivity contribution is 5.88. The van der Waals surface area contributed by atoms with Crippen LogP contribution in [0.3, 0.4) is 0 Å². The number of hydrogen-bond donors (Lipinski definition) is 1. The van der Waals surface area contributed by atoms with Crippen LogP contribution in [0.25, 0.3) is 0 Å². The first kappa shape index (κ1) is 26.6. The first-order valence-electron chi connectivity index (χ1n) is 12.9. The Hall–Kier alpha value is -3.02. The molecule has 0 saturated heterocycles. The van der Waals surface area contributed by atoms with Crippen molar-refractivity contribution < 1.29 is 19.1 Å². The van der Waals surface area contributed by atoms with E-state index in [9.17, 15) is 9.59 Å². The zero-order valence-electron chi connectivity index (χ0n) is 21.6. The molecule has 0 heterocycles. The molecule has 1 N–H and O–H groups in total. The second-order valence-electron chi connectivity index (χ2n) is 9.65. The van der Waals surface area contributed by atoms with Gasteiger partial charge in [-0.15, -0.1) is 0 Å².